The number of benzene rings is 1. The van der Waals surface area contributed by atoms with Gasteiger partial charge in [0.2, 0.25) is 5.91 Å². The number of aromatic nitrogens is 1. The highest BCUT2D eigenvalue weighted by atomic mass is 32.1. The lowest BCUT2D eigenvalue weighted by atomic mass is 9.76. The van der Waals surface area contributed by atoms with Crippen LogP contribution in [0.25, 0.3) is 10.4 Å². The third-order valence-corrected chi connectivity index (χ3v) is 8.22. The molecule has 0 radical (unpaired) electrons. The van der Waals surface area contributed by atoms with Crippen molar-refractivity contribution in [2.24, 2.45) is 17.1 Å². The maximum atomic E-state index is 13.7. The van der Waals surface area contributed by atoms with Gasteiger partial charge >= 0.3 is 0 Å². The van der Waals surface area contributed by atoms with Crippen LogP contribution in [0.4, 0.5) is 0 Å². The summed E-state index contributed by atoms with van der Waals surface area (Å²) >= 11 is 1.61. The van der Waals surface area contributed by atoms with E-state index in [-0.39, 0.29) is 43.3 Å². The second kappa shape index (κ2) is 12.9. The van der Waals surface area contributed by atoms with Crippen LogP contribution in [0.15, 0.2) is 29.8 Å². The molecule has 3 N–H and O–H groups in total. The molecule has 3 atom stereocenters. The van der Waals surface area contributed by atoms with E-state index in [1.54, 1.807) is 11.3 Å². The fourth-order valence-electron chi connectivity index (χ4n) is 4.96. The molecule has 1 aliphatic rings. The smallest absolute Gasteiger partial charge is 0.227 e. The van der Waals surface area contributed by atoms with Crippen LogP contribution >= 0.6 is 11.3 Å². The van der Waals surface area contributed by atoms with Gasteiger partial charge in [0, 0.05) is 38.1 Å². The zero-order valence-electron chi connectivity index (χ0n) is 22.5. The normalized spacial score (nSPS) is 18.7. The lowest BCUT2D eigenvalue weighted by molar-refractivity contribution is -0.145. The van der Waals surface area contributed by atoms with Crippen LogP contribution in [-0.2, 0) is 20.8 Å². The molecule has 2 aromatic rings. The summed E-state index contributed by atoms with van der Waals surface area (Å²) in [6.07, 6.45) is 2.42. The van der Waals surface area contributed by atoms with Crippen molar-refractivity contribution in [3.05, 3.63) is 41.0 Å². The van der Waals surface area contributed by atoms with E-state index in [9.17, 15) is 19.5 Å². The number of thiazole rings is 1. The number of aliphatic hydroxyl groups excluding tert-OH is 1. The maximum absolute atomic E-state index is 13.7. The number of carbonyl (C=O) groups is 3. The molecule has 7 nitrogen and oxygen atoms in total. The molecule has 8 heteroatoms. The molecular formula is C29H41N3O4S. The first-order chi connectivity index (χ1) is 17.5. The van der Waals surface area contributed by atoms with Crippen molar-refractivity contribution in [3.8, 4) is 10.4 Å². The Morgan fingerprint density at radius 1 is 1.16 bits per heavy atom. The Kier molecular flexibility index (Phi) is 10.2. The molecule has 37 heavy (non-hydrogen) atoms. The Balaban J connectivity index is 1.65. The minimum atomic E-state index is -0.735. The van der Waals surface area contributed by atoms with Crippen molar-refractivity contribution in [3.63, 3.8) is 0 Å². The van der Waals surface area contributed by atoms with E-state index in [4.69, 9.17) is 5.73 Å². The molecule has 0 spiro atoms. The number of aryl methyl sites for hydroxylation is 2. The number of unbranched alkanes of at least 4 members (excludes halogenated alkanes) is 1. The number of likely N-dealkylation sites (tertiary alicyclic amines) is 1. The summed E-state index contributed by atoms with van der Waals surface area (Å²) in [5.41, 5.74) is 10.1. The van der Waals surface area contributed by atoms with Crippen molar-refractivity contribution >= 4 is 28.8 Å². The molecule has 1 amide bonds. The summed E-state index contributed by atoms with van der Waals surface area (Å²) in [5, 5.41) is 10.4. The molecule has 3 rings (SSSR count). The molecule has 1 saturated heterocycles. The first-order valence-electron chi connectivity index (χ1n) is 13.2. The van der Waals surface area contributed by atoms with Gasteiger partial charge in [-0.05, 0) is 49.3 Å². The summed E-state index contributed by atoms with van der Waals surface area (Å²) in [7, 11) is 0. The van der Waals surface area contributed by atoms with Crippen molar-refractivity contribution in [1.29, 1.82) is 0 Å². The number of aliphatic hydroxyl groups is 1. The maximum Gasteiger partial charge on any atom is 0.227 e. The number of nitrogens with zero attached hydrogens (tertiary/aromatic N) is 2. The number of ketones is 2. The molecule has 2 heterocycles. The van der Waals surface area contributed by atoms with Gasteiger partial charge in [0.05, 0.1) is 28.2 Å². The third-order valence-electron chi connectivity index (χ3n) is 7.24. The molecule has 0 aliphatic carbocycles. The number of β-amino-alcohol motifs (C(OH)–C–C–N with tert-alkyl or cyclic N) is 1. The van der Waals surface area contributed by atoms with Crippen LogP contribution in [0.5, 0.6) is 0 Å². The molecular weight excluding hydrogens is 486 g/mol. The zero-order chi connectivity index (χ0) is 27.2. The predicted octanol–water partition coefficient (Wildman–Crippen LogP) is 4.33. The molecule has 1 fully saturated rings. The van der Waals surface area contributed by atoms with Crippen molar-refractivity contribution in [1.82, 2.24) is 9.88 Å². The SMILES string of the molecule is Cc1ncsc1-c1ccc(CCC(=O)[C@@H]2C[C@@H](O)CN2C(=O)[C@@H](CC(=O)CCCCN)C(C)(C)C)cc1. The van der Waals surface area contributed by atoms with Crippen LogP contribution in [0.2, 0.25) is 0 Å². The van der Waals surface area contributed by atoms with E-state index < -0.39 is 23.5 Å². The highest BCUT2D eigenvalue weighted by molar-refractivity contribution is 7.13. The molecule has 1 aromatic carbocycles. The molecule has 1 aromatic heterocycles. The predicted molar refractivity (Wildman–Crippen MR) is 147 cm³/mol. The van der Waals surface area contributed by atoms with Crippen LogP contribution < -0.4 is 5.73 Å². The largest absolute Gasteiger partial charge is 0.391 e. The summed E-state index contributed by atoms with van der Waals surface area (Å²) in [6, 6.07) is 7.50. The van der Waals surface area contributed by atoms with Gasteiger partial charge in [-0.25, -0.2) is 4.98 Å². The van der Waals surface area contributed by atoms with Crippen molar-refractivity contribution in [2.75, 3.05) is 13.1 Å². The number of hydrogen-bond donors (Lipinski definition) is 2. The van der Waals surface area contributed by atoms with Crippen LogP contribution in [-0.4, -0.2) is 57.7 Å². The average molecular weight is 528 g/mol. The fourth-order valence-corrected chi connectivity index (χ4v) is 5.77. The van der Waals surface area contributed by atoms with Gasteiger partial charge in [-0.1, -0.05) is 45.0 Å². The van der Waals surface area contributed by atoms with E-state index in [0.717, 1.165) is 28.1 Å². The Hall–Kier alpha value is -2.42. The summed E-state index contributed by atoms with van der Waals surface area (Å²) in [4.78, 5) is 46.5. The van der Waals surface area contributed by atoms with Gasteiger partial charge in [0.25, 0.3) is 0 Å². The molecule has 202 valence electrons. The topological polar surface area (TPSA) is 114 Å². The zero-order valence-corrected chi connectivity index (χ0v) is 23.4. The van der Waals surface area contributed by atoms with E-state index in [1.807, 2.05) is 57.5 Å². The number of Topliss-reactive ketones (excluding diaryl/α,β-unsaturated/α-hetero) is 2. The lowest BCUT2D eigenvalue weighted by Gasteiger charge is -2.34. The van der Waals surface area contributed by atoms with E-state index >= 15 is 0 Å². The number of nitrogens with two attached hydrogens (primary N) is 1. The Morgan fingerprint density at radius 2 is 1.86 bits per heavy atom. The molecule has 1 aliphatic heterocycles. The Morgan fingerprint density at radius 3 is 2.46 bits per heavy atom. The Bertz CT molecular complexity index is 1070. The second-order valence-corrected chi connectivity index (χ2v) is 12.1. The summed E-state index contributed by atoms with van der Waals surface area (Å²) in [6.45, 7) is 8.51. The first-order valence-corrected chi connectivity index (χ1v) is 14.1. The highest BCUT2D eigenvalue weighted by Gasteiger charge is 2.43. The number of rotatable bonds is 12. The van der Waals surface area contributed by atoms with Crippen molar-refractivity contribution < 1.29 is 19.5 Å². The monoisotopic (exact) mass is 527 g/mol. The standard InChI is InChI=1S/C29H41N3O4S/c1-19-27(37-18-31-19)21-11-8-20(9-12-21)10-13-26(35)25-16-23(34)17-32(25)28(36)24(29(2,3)4)15-22(33)7-5-6-14-30/h8-9,11-12,18,23-25,34H,5-7,10,13-17,30H2,1-4H3/t23-,24-,25+/m1/s1. The van der Waals surface area contributed by atoms with Crippen LogP contribution in [0.1, 0.15) is 70.6 Å². The van der Waals surface area contributed by atoms with Gasteiger partial charge in [-0.2, -0.15) is 0 Å². The second-order valence-electron chi connectivity index (χ2n) is 11.2. The average Bonchev–Trinajstić information content (AvgIpc) is 3.46. The lowest BCUT2D eigenvalue weighted by Crippen LogP contribution is -2.47. The fraction of sp³-hybridized carbons (Fsp3) is 0.586. The minimum Gasteiger partial charge on any atom is -0.391 e. The molecule has 0 saturated carbocycles. The van der Waals surface area contributed by atoms with Crippen LogP contribution in [0, 0.1) is 18.3 Å². The summed E-state index contributed by atoms with van der Waals surface area (Å²) < 4.78 is 0. The van der Waals surface area contributed by atoms with Crippen LogP contribution in [0.3, 0.4) is 0 Å². The minimum absolute atomic E-state index is 0.0429. The van der Waals surface area contributed by atoms with Gasteiger partial charge in [0.1, 0.15) is 5.78 Å². The number of hydrogen-bond acceptors (Lipinski definition) is 7. The molecule has 0 bridgehead atoms. The van der Waals surface area contributed by atoms with Gasteiger partial charge < -0.3 is 15.7 Å². The highest BCUT2D eigenvalue weighted by Crippen LogP contribution is 2.34. The van der Waals surface area contributed by atoms with Gasteiger partial charge in [0.15, 0.2) is 5.78 Å². The van der Waals surface area contributed by atoms with Gasteiger partial charge in [-0.3, -0.25) is 14.4 Å². The first kappa shape index (κ1) is 29.1. The Labute approximate surface area is 224 Å². The van der Waals surface area contributed by atoms with E-state index in [1.165, 1.54) is 4.90 Å². The summed E-state index contributed by atoms with van der Waals surface area (Å²) in [5.74, 6) is -0.754. The molecule has 0 unspecified atom stereocenters. The van der Waals surface area contributed by atoms with E-state index in [0.29, 0.717) is 25.8 Å². The van der Waals surface area contributed by atoms with Crippen molar-refractivity contribution in [2.45, 2.75) is 84.8 Å². The number of carbonyl (C=O) groups excluding carboxylic acids is 3. The quantitative estimate of drug-likeness (QED) is 0.397. The van der Waals surface area contributed by atoms with E-state index in [2.05, 4.69) is 4.98 Å². The van der Waals surface area contributed by atoms with Gasteiger partial charge in [-0.15, -0.1) is 11.3 Å². The third kappa shape index (κ3) is 7.79. The number of amides is 1.